The van der Waals surface area contributed by atoms with Crippen molar-refractivity contribution in [1.82, 2.24) is 0 Å². The van der Waals surface area contributed by atoms with E-state index in [1.54, 1.807) is 0 Å². The third kappa shape index (κ3) is 12.9. The van der Waals surface area contributed by atoms with Crippen LogP contribution in [0.15, 0.2) is 0 Å². The fraction of sp³-hybridized carbons (Fsp3) is 0. The Hall–Kier alpha value is 2.86. The number of hydrogen-bond acceptors (Lipinski definition) is 8. The minimum absolute atomic E-state index is 0. The van der Waals surface area contributed by atoms with E-state index in [-0.39, 0.29) is 83.8 Å². The molecule has 0 bridgehead atoms. The molecule has 1 unspecified atom stereocenters. The maximum Gasteiger partial charge on any atom is 1.00 e. The standard InChI is InChI=1S/K.Na.H4O8P2/c;;1-7-10(5,6)8-9(2,3)4/h;;1H,(H,5,6)(H2,2,3,4)/q2*+1;/p-2. The summed E-state index contributed by atoms with van der Waals surface area (Å²) in [4.78, 5) is 28.6. The number of hydrogen-bond donors (Lipinski definition) is 0. The smallest absolute Gasteiger partial charge is 0.790 e. The van der Waals surface area contributed by atoms with E-state index in [9.17, 15) is 23.8 Å². The Labute approximate surface area is 135 Å². The quantitative estimate of drug-likeness (QED) is 0.209. The molecule has 0 fully saturated rings. The van der Waals surface area contributed by atoms with E-state index < -0.39 is 15.6 Å². The normalized spacial score (nSPS) is 15.3. The first-order valence-corrected chi connectivity index (χ1v) is 4.55. The third-order valence-electron chi connectivity index (χ3n) is 0.291. The molecular weight excluding hydrogens is 252 g/mol. The average molecular weight is 254 g/mol. The van der Waals surface area contributed by atoms with Gasteiger partial charge in [-0.25, -0.2) is 0 Å². The fourth-order valence-corrected chi connectivity index (χ4v) is 1.22. The number of phosphoric acid groups is 2. The van der Waals surface area contributed by atoms with Gasteiger partial charge in [-0.3, -0.25) is 8.88 Å². The molecule has 0 aliphatic heterocycles. The fourth-order valence-electron chi connectivity index (χ4n) is 0.136. The molecule has 0 N–H and O–H groups in total. The minimum Gasteiger partial charge on any atom is -0.790 e. The Morgan fingerprint density at radius 3 is 1.58 bits per heavy atom. The van der Waals surface area contributed by atoms with Gasteiger partial charge in [-0.05, 0) is 0 Å². The maximum atomic E-state index is 9.71. The van der Waals surface area contributed by atoms with Crippen molar-refractivity contribution < 1.29 is 122 Å². The second kappa shape index (κ2) is 8.06. The Balaban J connectivity index is -0.0000000675. The van der Waals surface area contributed by atoms with Crippen molar-refractivity contribution in [3.8, 4) is 0 Å². The molecule has 0 aromatic carbocycles. The summed E-state index contributed by atoms with van der Waals surface area (Å²) < 4.78 is 24.1. The topological polar surface area (TPSA) is 145 Å². The predicted octanol–water partition coefficient (Wildman–Crippen LogP) is -9.18. The molecule has 12 heteroatoms. The predicted molar refractivity (Wildman–Crippen MR) is 19.6 cm³/mol. The van der Waals surface area contributed by atoms with Crippen molar-refractivity contribution in [2.24, 2.45) is 0 Å². The molecule has 0 aromatic rings. The van der Waals surface area contributed by atoms with Gasteiger partial charge >= 0.3 is 83.8 Å². The van der Waals surface area contributed by atoms with Crippen molar-refractivity contribution in [3.05, 3.63) is 0 Å². The molecule has 0 spiro atoms. The molecule has 0 radical (unpaired) electrons. The Morgan fingerprint density at radius 1 is 1.17 bits per heavy atom. The van der Waals surface area contributed by atoms with Crippen LogP contribution in [-0.4, -0.2) is 0 Å². The van der Waals surface area contributed by atoms with Crippen LogP contribution in [0.25, 0.3) is 0 Å². The van der Waals surface area contributed by atoms with Gasteiger partial charge in [0.05, 0.1) is 7.82 Å². The van der Waals surface area contributed by atoms with Gasteiger partial charge in [0.1, 0.15) is 0 Å². The molecule has 0 saturated heterocycles. The van der Waals surface area contributed by atoms with Gasteiger partial charge in [-0.15, -0.1) is 0 Å². The van der Waals surface area contributed by atoms with E-state index >= 15 is 0 Å². The van der Waals surface area contributed by atoms with Gasteiger partial charge in [0, 0.05) is 0 Å². The molecule has 0 heterocycles. The van der Waals surface area contributed by atoms with Crippen LogP contribution >= 0.6 is 15.6 Å². The summed E-state index contributed by atoms with van der Waals surface area (Å²) in [6.07, 6.45) is 0. The minimum atomic E-state index is -5.70. The zero-order valence-corrected chi connectivity index (χ0v) is 13.1. The monoisotopic (exact) mass is 254 g/mol. The average Bonchev–Trinajstić information content (AvgIpc) is 1.60. The number of rotatable bonds is 3. The van der Waals surface area contributed by atoms with E-state index in [1.165, 1.54) is 0 Å². The molecular formula is H2KNaO8P2. The van der Waals surface area contributed by atoms with Crippen LogP contribution in [0.3, 0.4) is 0 Å². The van der Waals surface area contributed by atoms with Crippen LogP contribution in [-0.2, 0) is 18.1 Å². The molecule has 62 valence electrons. The van der Waals surface area contributed by atoms with Crippen molar-refractivity contribution in [2.75, 3.05) is 0 Å². The SMILES string of the molecule is O=P([O-])([O-])OP(=O)([O-])O[O-].[H+].[H+].[K+].[Na+]. The molecule has 0 aliphatic rings. The van der Waals surface area contributed by atoms with E-state index in [0.29, 0.717) is 0 Å². The van der Waals surface area contributed by atoms with Crippen LogP contribution in [0, 0.1) is 0 Å². The second-order valence-electron chi connectivity index (χ2n) is 1.05. The first-order valence-electron chi connectivity index (χ1n) is 1.63. The zero-order chi connectivity index (χ0) is 8.41. The van der Waals surface area contributed by atoms with Crippen molar-refractivity contribution in [1.29, 1.82) is 0 Å². The van der Waals surface area contributed by atoms with Crippen molar-refractivity contribution >= 4 is 15.6 Å². The molecule has 0 amide bonds. The Kier molecular flexibility index (Phi) is 13.6. The van der Waals surface area contributed by atoms with Crippen LogP contribution in [0.1, 0.15) is 2.85 Å². The van der Waals surface area contributed by atoms with Gasteiger partial charge in [0.2, 0.25) is 0 Å². The third-order valence-corrected chi connectivity index (χ3v) is 2.07. The van der Waals surface area contributed by atoms with Gasteiger partial charge < -0.3 is 29.2 Å². The van der Waals surface area contributed by atoms with Gasteiger partial charge in [0.25, 0.3) is 7.82 Å². The van der Waals surface area contributed by atoms with Gasteiger partial charge in [-0.1, -0.05) is 0 Å². The van der Waals surface area contributed by atoms with Crippen LogP contribution in [0.4, 0.5) is 0 Å². The molecule has 0 saturated carbocycles. The molecule has 0 rings (SSSR count). The van der Waals surface area contributed by atoms with E-state index in [2.05, 4.69) is 8.99 Å². The Morgan fingerprint density at radius 2 is 1.50 bits per heavy atom. The largest absolute Gasteiger partial charge is 1.00 e. The summed E-state index contributed by atoms with van der Waals surface area (Å²) in [5.41, 5.74) is 0. The summed E-state index contributed by atoms with van der Waals surface area (Å²) in [5.74, 6) is 0. The van der Waals surface area contributed by atoms with Gasteiger partial charge in [-0.2, -0.15) is 0 Å². The maximum absolute atomic E-state index is 9.71. The van der Waals surface area contributed by atoms with E-state index in [0.717, 1.165) is 0 Å². The summed E-state index contributed by atoms with van der Waals surface area (Å²) >= 11 is 0. The summed E-state index contributed by atoms with van der Waals surface area (Å²) in [5, 5.41) is 9.03. The van der Waals surface area contributed by atoms with E-state index in [4.69, 9.17) is 5.26 Å². The first kappa shape index (κ1) is 20.3. The van der Waals surface area contributed by atoms with Crippen LogP contribution < -0.4 is 101 Å². The Bertz CT molecular complexity index is 204. The molecule has 8 nitrogen and oxygen atoms in total. The molecule has 12 heavy (non-hydrogen) atoms. The first-order chi connectivity index (χ1) is 4.27. The molecule has 0 aliphatic carbocycles. The van der Waals surface area contributed by atoms with E-state index in [1.807, 2.05) is 0 Å². The molecule has 1 atom stereocenters. The van der Waals surface area contributed by atoms with Crippen LogP contribution in [0.2, 0.25) is 0 Å². The second-order valence-corrected chi connectivity index (χ2v) is 3.64. The summed E-state index contributed by atoms with van der Waals surface area (Å²) in [6, 6.07) is 0. The zero-order valence-electron chi connectivity index (χ0n) is 8.16. The summed E-state index contributed by atoms with van der Waals surface area (Å²) in [6.45, 7) is 0. The van der Waals surface area contributed by atoms with Crippen molar-refractivity contribution in [3.63, 3.8) is 0 Å². The van der Waals surface area contributed by atoms with Crippen LogP contribution in [0.5, 0.6) is 0 Å². The van der Waals surface area contributed by atoms with Crippen molar-refractivity contribution in [2.45, 2.75) is 0 Å². The summed E-state index contributed by atoms with van der Waals surface area (Å²) in [7, 11) is -11.2. The molecule has 0 aromatic heterocycles. The van der Waals surface area contributed by atoms with Gasteiger partial charge in [0.15, 0.2) is 0 Å².